The van der Waals surface area contributed by atoms with Crippen LogP contribution in [-0.2, 0) is 12.8 Å². The minimum absolute atomic E-state index is 0.0323. The Labute approximate surface area is 132 Å². The Morgan fingerprint density at radius 2 is 1.77 bits per heavy atom. The van der Waals surface area contributed by atoms with Crippen LogP contribution < -0.4 is 5.32 Å². The van der Waals surface area contributed by atoms with Gasteiger partial charge in [0.1, 0.15) is 5.82 Å². The standard InChI is InChI=1S/C18H23N3O/c1-4-14-5-7-15(8-6-14)11-12-19-17-10-9-16(13-20-17)18(22)21(2)3/h5-10,13H,4,11-12H2,1-3H3,(H,19,20). The SMILES string of the molecule is CCc1ccc(CCNc2ccc(C(=O)N(C)C)cn2)cc1. The number of pyridine rings is 1. The van der Waals surface area contributed by atoms with Crippen molar-refractivity contribution in [2.24, 2.45) is 0 Å². The van der Waals surface area contributed by atoms with Gasteiger partial charge in [-0.3, -0.25) is 4.79 Å². The van der Waals surface area contributed by atoms with Gasteiger partial charge in [-0.05, 0) is 36.1 Å². The van der Waals surface area contributed by atoms with E-state index in [2.05, 4.69) is 41.5 Å². The van der Waals surface area contributed by atoms with Gasteiger partial charge in [0.25, 0.3) is 5.91 Å². The Hall–Kier alpha value is -2.36. The molecule has 0 saturated heterocycles. The fraction of sp³-hybridized carbons (Fsp3) is 0.333. The van der Waals surface area contributed by atoms with Gasteiger partial charge in [0, 0.05) is 26.8 Å². The maximum Gasteiger partial charge on any atom is 0.254 e. The van der Waals surface area contributed by atoms with Crippen LogP contribution in [0.5, 0.6) is 0 Å². The Kier molecular flexibility index (Phi) is 5.53. The van der Waals surface area contributed by atoms with E-state index in [0.717, 1.165) is 25.2 Å². The molecule has 0 saturated carbocycles. The van der Waals surface area contributed by atoms with Crippen LogP contribution in [0.15, 0.2) is 42.6 Å². The molecule has 1 heterocycles. The van der Waals surface area contributed by atoms with E-state index in [0.29, 0.717) is 5.56 Å². The number of nitrogens with one attached hydrogen (secondary N) is 1. The number of benzene rings is 1. The maximum absolute atomic E-state index is 11.8. The third kappa shape index (κ3) is 4.32. The number of hydrogen-bond donors (Lipinski definition) is 1. The molecule has 116 valence electrons. The number of amides is 1. The molecule has 1 amide bonds. The number of nitrogens with zero attached hydrogens (tertiary/aromatic N) is 2. The van der Waals surface area contributed by atoms with Gasteiger partial charge in [0.05, 0.1) is 5.56 Å². The van der Waals surface area contributed by atoms with Gasteiger partial charge in [0.15, 0.2) is 0 Å². The second-order valence-electron chi connectivity index (χ2n) is 5.48. The summed E-state index contributed by atoms with van der Waals surface area (Å²) in [5.74, 6) is 0.760. The van der Waals surface area contributed by atoms with E-state index < -0.39 is 0 Å². The zero-order valence-electron chi connectivity index (χ0n) is 13.5. The summed E-state index contributed by atoms with van der Waals surface area (Å²) < 4.78 is 0. The van der Waals surface area contributed by atoms with E-state index in [1.165, 1.54) is 11.1 Å². The summed E-state index contributed by atoms with van der Waals surface area (Å²) in [5.41, 5.74) is 3.27. The minimum Gasteiger partial charge on any atom is -0.370 e. The molecule has 0 aliphatic carbocycles. The number of carbonyl (C=O) groups is 1. The van der Waals surface area contributed by atoms with Crippen LogP contribution in [0.3, 0.4) is 0 Å². The number of aryl methyl sites for hydroxylation is 1. The topological polar surface area (TPSA) is 45.2 Å². The van der Waals surface area contributed by atoms with Crippen molar-refractivity contribution < 1.29 is 4.79 Å². The van der Waals surface area contributed by atoms with Crippen LogP contribution in [0.2, 0.25) is 0 Å². The molecule has 0 radical (unpaired) electrons. The van der Waals surface area contributed by atoms with Gasteiger partial charge in [-0.1, -0.05) is 31.2 Å². The lowest BCUT2D eigenvalue weighted by molar-refractivity contribution is 0.0827. The fourth-order valence-corrected chi connectivity index (χ4v) is 2.16. The highest BCUT2D eigenvalue weighted by Gasteiger charge is 2.07. The van der Waals surface area contributed by atoms with Crippen LogP contribution in [0.1, 0.15) is 28.4 Å². The number of hydrogen-bond acceptors (Lipinski definition) is 3. The third-order valence-corrected chi connectivity index (χ3v) is 3.57. The Morgan fingerprint density at radius 3 is 2.32 bits per heavy atom. The molecule has 22 heavy (non-hydrogen) atoms. The predicted molar refractivity (Wildman–Crippen MR) is 90.3 cm³/mol. The zero-order valence-corrected chi connectivity index (χ0v) is 13.5. The van der Waals surface area contributed by atoms with Crippen LogP contribution >= 0.6 is 0 Å². The van der Waals surface area contributed by atoms with Gasteiger partial charge in [-0.25, -0.2) is 4.98 Å². The first-order valence-corrected chi connectivity index (χ1v) is 7.59. The molecule has 2 rings (SSSR count). The first-order chi connectivity index (χ1) is 10.6. The van der Waals surface area contributed by atoms with E-state index >= 15 is 0 Å². The van der Waals surface area contributed by atoms with E-state index in [1.54, 1.807) is 31.3 Å². The predicted octanol–water partition coefficient (Wildman–Crippen LogP) is 3.00. The quantitative estimate of drug-likeness (QED) is 0.891. The van der Waals surface area contributed by atoms with Gasteiger partial charge in [0.2, 0.25) is 0 Å². The van der Waals surface area contributed by atoms with E-state index in [9.17, 15) is 4.79 Å². The highest BCUT2D eigenvalue weighted by Crippen LogP contribution is 2.09. The summed E-state index contributed by atoms with van der Waals surface area (Å²) in [4.78, 5) is 17.6. The van der Waals surface area contributed by atoms with Crippen molar-refractivity contribution in [1.82, 2.24) is 9.88 Å². The van der Waals surface area contributed by atoms with E-state index in [1.807, 2.05) is 6.07 Å². The lowest BCUT2D eigenvalue weighted by Crippen LogP contribution is -2.21. The van der Waals surface area contributed by atoms with Gasteiger partial charge in [-0.15, -0.1) is 0 Å². The Balaban J connectivity index is 1.85. The largest absolute Gasteiger partial charge is 0.370 e. The zero-order chi connectivity index (χ0) is 15.9. The van der Waals surface area contributed by atoms with Crippen LogP contribution in [-0.4, -0.2) is 36.4 Å². The highest BCUT2D eigenvalue weighted by atomic mass is 16.2. The van der Waals surface area contributed by atoms with Gasteiger partial charge in [-0.2, -0.15) is 0 Å². The molecular formula is C18H23N3O. The van der Waals surface area contributed by atoms with Crippen molar-refractivity contribution in [2.75, 3.05) is 26.0 Å². The summed E-state index contributed by atoms with van der Waals surface area (Å²) in [7, 11) is 3.47. The van der Waals surface area contributed by atoms with Crippen LogP contribution in [0.25, 0.3) is 0 Å². The molecule has 0 spiro atoms. The summed E-state index contributed by atoms with van der Waals surface area (Å²) in [6.07, 6.45) is 3.63. The summed E-state index contributed by atoms with van der Waals surface area (Å²) in [6.45, 7) is 2.98. The third-order valence-electron chi connectivity index (χ3n) is 3.57. The number of rotatable bonds is 6. The Morgan fingerprint density at radius 1 is 1.09 bits per heavy atom. The first kappa shape index (κ1) is 16.0. The monoisotopic (exact) mass is 297 g/mol. The molecule has 4 nitrogen and oxygen atoms in total. The van der Waals surface area contributed by atoms with Crippen molar-refractivity contribution in [3.8, 4) is 0 Å². The number of aromatic nitrogens is 1. The van der Waals surface area contributed by atoms with Crippen molar-refractivity contribution >= 4 is 11.7 Å². The molecule has 4 heteroatoms. The smallest absolute Gasteiger partial charge is 0.254 e. The molecule has 0 atom stereocenters. The van der Waals surface area contributed by atoms with Crippen molar-refractivity contribution in [1.29, 1.82) is 0 Å². The number of anilines is 1. The van der Waals surface area contributed by atoms with Crippen molar-refractivity contribution in [3.05, 3.63) is 59.3 Å². The fourth-order valence-electron chi connectivity index (χ4n) is 2.16. The minimum atomic E-state index is -0.0323. The van der Waals surface area contributed by atoms with E-state index in [4.69, 9.17) is 0 Å². The highest BCUT2D eigenvalue weighted by molar-refractivity contribution is 5.93. The molecule has 0 bridgehead atoms. The first-order valence-electron chi connectivity index (χ1n) is 7.59. The lowest BCUT2D eigenvalue weighted by Gasteiger charge is -2.10. The second-order valence-corrected chi connectivity index (χ2v) is 5.48. The molecule has 0 aliphatic heterocycles. The average Bonchev–Trinajstić information content (AvgIpc) is 2.55. The molecule has 0 fully saturated rings. The maximum atomic E-state index is 11.8. The number of carbonyl (C=O) groups excluding carboxylic acids is 1. The molecule has 0 unspecified atom stereocenters. The molecule has 1 aromatic heterocycles. The van der Waals surface area contributed by atoms with Crippen molar-refractivity contribution in [2.45, 2.75) is 19.8 Å². The summed E-state index contributed by atoms with van der Waals surface area (Å²) in [5, 5.41) is 3.28. The van der Waals surface area contributed by atoms with Gasteiger partial charge >= 0.3 is 0 Å². The summed E-state index contributed by atoms with van der Waals surface area (Å²) in [6, 6.07) is 12.3. The van der Waals surface area contributed by atoms with Crippen LogP contribution in [0.4, 0.5) is 5.82 Å². The molecule has 0 aliphatic rings. The second kappa shape index (κ2) is 7.59. The van der Waals surface area contributed by atoms with Crippen molar-refractivity contribution in [3.63, 3.8) is 0 Å². The lowest BCUT2D eigenvalue weighted by atomic mass is 10.1. The normalized spacial score (nSPS) is 10.3. The molecule has 1 N–H and O–H groups in total. The molecular weight excluding hydrogens is 274 g/mol. The molecule has 1 aromatic carbocycles. The Bertz CT molecular complexity index is 603. The average molecular weight is 297 g/mol. The van der Waals surface area contributed by atoms with E-state index in [-0.39, 0.29) is 5.91 Å². The summed E-state index contributed by atoms with van der Waals surface area (Å²) >= 11 is 0. The van der Waals surface area contributed by atoms with Crippen LogP contribution in [0, 0.1) is 0 Å². The van der Waals surface area contributed by atoms with Gasteiger partial charge < -0.3 is 10.2 Å². The molecule has 2 aromatic rings.